The number of carbonyl (C=O) groups excluding carboxylic acids is 1. The lowest BCUT2D eigenvalue weighted by atomic mass is 9.78. The van der Waals surface area contributed by atoms with Crippen molar-refractivity contribution in [3.63, 3.8) is 0 Å². The monoisotopic (exact) mass is 268 g/mol. The minimum atomic E-state index is 0.168. The van der Waals surface area contributed by atoms with Crippen molar-refractivity contribution >= 4 is 5.91 Å². The summed E-state index contributed by atoms with van der Waals surface area (Å²) in [7, 11) is 0. The largest absolute Gasteiger partial charge is 0.355 e. The molecule has 1 amide bonds. The van der Waals surface area contributed by atoms with Gasteiger partial charge in [0.25, 0.3) is 0 Å². The fourth-order valence-corrected chi connectivity index (χ4v) is 2.69. The molecule has 1 aliphatic rings. The van der Waals surface area contributed by atoms with Crippen LogP contribution in [-0.2, 0) is 4.79 Å². The van der Waals surface area contributed by atoms with Crippen LogP contribution < -0.4 is 11.1 Å². The molecule has 0 bridgehead atoms. The number of nitrogens with two attached hydrogens (primary N) is 1. The molecular weight excluding hydrogens is 236 g/mol. The first kappa shape index (κ1) is 16.5. The normalized spacial score (nSPS) is 24.5. The summed E-state index contributed by atoms with van der Waals surface area (Å²) in [6.45, 7) is 10.4. The van der Waals surface area contributed by atoms with E-state index >= 15 is 0 Å². The van der Waals surface area contributed by atoms with Crippen LogP contribution in [0.5, 0.6) is 0 Å². The molecule has 0 aliphatic heterocycles. The molecule has 2 unspecified atom stereocenters. The van der Waals surface area contributed by atoms with Crippen LogP contribution in [0.4, 0.5) is 0 Å². The highest BCUT2D eigenvalue weighted by Gasteiger charge is 2.29. The van der Waals surface area contributed by atoms with Crippen LogP contribution in [0.3, 0.4) is 0 Å². The number of nitrogens with one attached hydrogen (secondary N) is 1. The summed E-state index contributed by atoms with van der Waals surface area (Å²) in [6, 6.07) is 0. The van der Waals surface area contributed by atoms with Gasteiger partial charge in [-0.15, -0.1) is 0 Å². The number of rotatable bonds is 6. The van der Waals surface area contributed by atoms with E-state index in [9.17, 15) is 4.79 Å². The van der Waals surface area contributed by atoms with Gasteiger partial charge in [0.1, 0.15) is 0 Å². The second-order valence-electron chi connectivity index (χ2n) is 7.17. The molecule has 1 fully saturated rings. The molecular formula is C16H32N2O. The van der Waals surface area contributed by atoms with E-state index in [1.807, 2.05) is 0 Å². The van der Waals surface area contributed by atoms with Crippen molar-refractivity contribution in [1.82, 2.24) is 5.32 Å². The summed E-state index contributed by atoms with van der Waals surface area (Å²) in [4.78, 5) is 12.3. The molecule has 0 heterocycles. The first-order valence-electron chi connectivity index (χ1n) is 7.84. The Kier molecular flexibility index (Phi) is 6.31. The SMILES string of the molecule is CC(C)C(C)(C)CNC(=O)C1CCCC(CCN)C1. The van der Waals surface area contributed by atoms with Gasteiger partial charge in [-0.05, 0) is 43.1 Å². The van der Waals surface area contributed by atoms with E-state index in [-0.39, 0.29) is 17.2 Å². The van der Waals surface area contributed by atoms with Gasteiger partial charge in [0.15, 0.2) is 0 Å². The molecule has 0 spiro atoms. The molecule has 0 radical (unpaired) electrons. The van der Waals surface area contributed by atoms with Crippen molar-refractivity contribution in [1.29, 1.82) is 0 Å². The minimum Gasteiger partial charge on any atom is -0.355 e. The Morgan fingerprint density at radius 2 is 2.05 bits per heavy atom. The predicted octanol–water partition coefficient (Wildman–Crippen LogP) is 2.94. The molecule has 2 atom stereocenters. The standard InChI is InChI=1S/C16H32N2O/c1-12(2)16(3,4)11-18-15(19)14-7-5-6-13(10-14)8-9-17/h12-14H,5-11,17H2,1-4H3,(H,18,19). The smallest absolute Gasteiger partial charge is 0.223 e. The lowest BCUT2D eigenvalue weighted by Gasteiger charge is -2.32. The Balaban J connectivity index is 2.41. The van der Waals surface area contributed by atoms with E-state index in [0.29, 0.717) is 11.8 Å². The van der Waals surface area contributed by atoms with Gasteiger partial charge in [-0.25, -0.2) is 0 Å². The van der Waals surface area contributed by atoms with Crippen molar-refractivity contribution in [2.75, 3.05) is 13.1 Å². The second-order valence-corrected chi connectivity index (χ2v) is 7.17. The van der Waals surface area contributed by atoms with Crippen LogP contribution in [0.1, 0.15) is 59.8 Å². The third-order valence-electron chi connectivity index (χ3n) is 5.01. The summed E-state index contributed by atoms with van der Waals surface area (Å²) in [5, 5.41) is 3.17. The topological polar surface area (TPSA) is 55.1 Å². The summed E-state index contributed by atoms with van der Waals surface area (Å²) < 4.78 is 0. The number of amides is 1. The fourth-order valence-electron chi connectivity index (χ4n) is 2.69. The molecule has 0 saturated heterocycles. The van der Waals surface area contributed by atoms with Crippen LogP contribution >= 0.6 is 0 Å². The minimum absolute atomic E-state index is 0.168. The van der Waals surface area contributed by atoms with Crippen molar-refractivity contribution < 1.29 is 4.79 Å². The second kappa shape index (κ2) is 7.28. The maximum Gasteiger partial charge on any atom is 0.223 e. The van der Waals surface area contributed by atoms with Crippen LogP contribution in [0.25, 0.3) is 0 Å². The van der Waals surface area contributed by atoms with Gasteiger partial charge in [-0.1, -0.05) is 40.5 Å². The molecule has 0 aromatic rings. The number of hydrogen-bond donors (Lipinski definition) is 2. The maximum atomic E-state index is 12.3. The Bertz CT molecular complexity index is 284. The zero-order valence-electron chi connectivity index (χ0n) is 13.2. The van der Waals surface area contributed by atoms with E-state index in [0.717, 1.165) is 32.4 Å². The van der Waals surface area contributed by atoms with Crippen molar-refractivity contribution in [2.24, 2.45) is 28.9 Å². The third kappa shape index (κ3) is 5.13. The van der Waals surface area contributed by atoms with E-state index in [2.05, 4.69) is 33.0 Å². The highest BCUT2D eigenvalue weighted by atomic mass is 16.1. The third-order valence-corrected chi connectivity index (χ3v) is 5.01. The summed E-state index contributed by atoms with van der Waals surface area (Å²) in [5.41, 5.74) is 5.80. The van der Waals surface area contributed by atoms with Gasteiger partial charge >= 0.3 is 0 Å². The average molecular weight is 268 g/mol. The molecule has 0 aromatic heterocycles. The van der Waals surface area contributed by atoms with Gasteiger partial charge in [0.2, 0.25) is 5.91 Å². The van der Waals surface area contributed by atoms with Crippen molar-refractivity contribution in [3.05, 3.63) is 0 Å². The Labute approximate surface area is 118 Å². The first-order valence-corrected chi connectivity index (χ1v) is 7.84. The molecule has 112 valence electrons. The van der Waals surface area contributed by atoms with Crippen molar-refractivity contribution in [3.8, 4) is 0 Å². The lowest BCUT2D eigenvalue weighted by Crippen LogP contribution is -2.41. The van der Waals surface area contributed by atoms with E-state index in [1.54, 1.807) is 0 Å². The summed E-state index contributed by atoms with van der Waals surface area (Å²) in [5.74, 6) is 1.71. The number of hydrogen-bond acceptors (Lipinski definition) is 2. The van der Waals surface area contributed by atoms with Crippen LogP contribution in [0, 0.1) is 23.2 Å². The van der Waals surface area contributed by atoms with Crippen LogP contribution in [0.2, 0.25) is 0 Å². The van der Waals surface area contributed by atoms with Crippen LogP contribution in [0.15, 0.2) is 0 Å². The van der Waals surface area contributed by atoms with Crippen LogP contribution in [-0.4, -0.2) is 19.0 Å². The Hall–Kier alpha value is -0.570. The molecule has 19 heavy (non-hydrogen) atoms. The molecule has 3 heteroatoms. The first-order chi connectivity index (χ1) is 8.86. The van der Waals surface area contributed by atoms with E-state index < -0.39 is 0 Å². The molecule has 0 aromatic carbocycles. The van der Waals surface area contributed by atoms with Gasteiger partial charge in [-0.2, -0.15) is 0 Å². The van der Waals surface area contributed by atoms with E-state index in [4.69, 9.17) is 5.73 Å². The predicted molar refractivity (Wildman–Crippen MR) is 80.7 cm³/mol. The highest BCUT2D eigenvalue weighted by Crippen LogP contribution is 2.31. The molecule has 1 rings (SSSR count). The summed E-state index contributed by atoms with van der Waals surface area (Å²) in [6.07, 6.45) is 5.58. The lowest BCUT2D eigenvalue weighted by molar-refractivity contribution is -0.127. The molecule has 3 nitrogen and oxygen atoms in total. The molecule has 1 aliphatic carbocycles. The quantitative estimate of drug-likeness (QED) is 0.778. The maximum absolute atomic E-state index is 12.3. The average Bonchev–Trinajstić information content (AvgIpc) is 2.36. The fraction of sp³-hybridized carbons (Fsp3) is 0.938. The zero-order chi connectivity index (χ0) is 14.5. The van der Waals surface area contributed by atoms with E-state index in [1.165, 1.54) is 12.8 Å². The molecule has 1 saturated carbocycles. The van der Waals surface area contributed by atoms with Gasteiger partial charge in [-0.3, -0.25) is 4.79 Å². The Morgan fingerprint density at radius 1 is 1.37 bits per heavy atom. The number of carbonyl (C=O) groups is 1. The zero-order valence-corrected chi connectivity index (χ0v) is 13.2. The molecule has 3 N–H and O–H groups in total. The van der Waals surface area contributed by atoms with Gasteiger partial charge in [0, 0.05) is 12.5 Å². The van der Waals surface area contributed by atoms with Gasteiger partial charge in [0.05, 0.1) is 0 Å². The van der Waals surface area contributed by atoms with Crippen molar-refractivity contribution in [2.45, 2.75) is 59.8 Å². The Morgan fingerprint density at radius 3 is 2.63 bits per heavy atom. The summed E-state index contributed by atoms with van der Waals surface area (Å²) >= 11 is 0. The van der Waals surface area contributed by atoms with Gasteiger partial charge < -0.3 is 11.1 Å². The highest BCUT2D eigenvalue weighted by molar-refractivity contribution is 5.78.